The molecule has 1 aliphatic carbocycles. The lowest BCUT2D eigenvalue weighted by molar-refractivity contribution is -0.0161. The smallest absolute Gasteiger partial charge is 0.251 e. The highest BCUT2D eigenvalue weighted by Gasteiger charge is 2.52. The summed E-state index contributed by atoms with van der Waals surface area (Å²) in [5, 5.41) is 2.96. The highest BCUT2D eigenvalue weighted by atomic mass is 16.5. The summed E-state index contributed by atoms with van der Waals surface area (Å²) in [6.07, 6.45) is 1.14. The van der Waals surface area contributed by atoms with Crippen molar-refractivity contribution in [1.29, 1.82) is 0 Å². The molecule has 17 heavy (non-hydrogen) atoms. The molecule has 0 bridgehead atoms. The van der Waals surface area contributed by atoms with E-state index in [9.17, 15) is 4.79 Å². The molecule has 90 valence electrons. The standard InChI is InChI=1S/C13H16N2O2/c14-10-9-6-7-17-12(9)11(10)15-13(16)8-4-2-1-3-5-8/h1-5,9-12H,6-7,14H2,(H,15,16). The molecule has 0 aromatic heterocycles. The van der Waals surface area contributed by atoms with Crippen LogP contribution in [-0.4, -0.2) is 30.7 Å². The van der Waals surface area contributed by atoms with Crippen molar-refractivity contribution in [3.8, 4) is 0 Å². The van der Waals surface area contributed by atoms with Crippen LogP contribution in [0.2, 0.25) is 0 Å². The monoisotopic (exact) mass is 232 g/mol. The van der Waals surface area contributed by atoms with E-state index in [1.54, 1.807) is 12.1 Å². The molecule has 4 nitrogen and oxygen atoms in total. The number of carbonyl (C=O) groups excluding carboxylic acids is 1. The maximum Gasteiger partial charge on any atom is 0.251 e. The molecule has 1 saturated heterocycles. The van der Waals surface area contributed by atoms with Crippen LogP contribution in [0.5, 0.6) is 0 Å². The summed E-state index contributed by atoms with van der Waals surface area (Å²) in [4.78, 5) is 12.0. The molecule has 2 aliphatic rings. The Kier molecular flexibility index (Phi) is 2.61. The van der Waals surface area contributed by atoms with Gasteiger partial charge in [-0.25, -0.2) is 0 Å². The van der Waals surface area contributed by atoms with Crippen LogP contribution in [0.25, 0.3) is 0 Å². The third-order valence-corrected chi connectivity index (χ3v) is 3.78. The lowest BCUT2D eigenvalue weighted by atomic mass is 9.72. The zero-order valence-corrected chi connectivity index (χ0v) is 9.50. The first-order chi connectivity index (χ1) is 8.27. The van der Waals surface area contributed by atoms with Crippen molar-refractivity contribution in [1.82, 2.24) is 5.32 Å². The van der Waals surface area contributed by atoms with Gasteiger partial charge in [-0.2, -0.15) is 0 Å². The number of hydrogen-bond donors (Lipinski definition) is 2. The normalized spacial score (nSPS) is 34.9. The van der Waals surface area contributed by atoms with E-state index in [-0.39, 0.29) is 24.1 Å². The zero-order chi connectivity index (χ0) is 11.8. The second-order valence-electron chi connectivity index (χ2n) is 4.73. The largest absolute Gasteiger partial charge is 0.376 e. The van der Waals surface area contributed by atoms with Crippen LogP contribution in [-0.2, 0) is 4.74 Å². The fourth-order valence-corrected chi connectivity index (χ4v) is 2.75. The number of nitrogens with one attached hydrogen (secondary N) is 1. The minimum atomic E-state index is -0.0694. The average Bonchev–Trinajstić information content (AvgIpc) is 2.81. The van der Waals surface area contributed by atoms with Gasteiger partial charge in [0.1, 0.15) is 0 Å². The molecule has 4 atom stereocenters. The van der Waals surface area contributed by atoms with Gasteiger partial charge < -0.3 is 15.8 Å². The first-order valence-electron chi connectivity index (χ1n) is 6.00. The van der Waals surface area contributed by atoms with Gasteiger partial charge in [-0.15, -0.1) is 0 Å². The van der Waals surface area contributed by atoms with E-state index in [4.69, 9.17) is 10.5 Å². The topological polar surface area (TPSA) is 64.3 Å². The van der Waals surface area contributed by atoms with Crippen molar-refractivity contribution < 1.29 is 9.53 Å². The van der Waals surface area contributed by atoms with Crippen LogP contribution in [0.1, 0.15) is 16.8 Å². The number of carbonyl (C=O) groups is 1. The molecule has 1 heterocycles. The molecule has 1 aromatic carbocycles. The zero-order valence-electron chi connectivity index (χ0n) is 9.50. The van der Waals surface area contributed by atoms with Crippen LogP contribution < -0.4 is 11.1 Å². The lowest BCUT2D eigenvalue weighted by Crippen LogP contribution is -2.68. The van der Waals surface area contributed by atoms with Gasteiger partial charge in [0, 0.05) is 24.1 Å². The van der Waals surface area contributed by atoms with Crippen molar-refractivity contribution in [3.05, 3.63) is 35.9 Å². The first-order valence-corrected chi connectivity index (χ1v) is 6.00. The summed E-state index contributed by atoms with van der Waals surface area (Å²) in [5.74, 6) is 0.357. The van der Waals surface area contributed by atoms with E-state index in [0.717, 1.165) is 13.0 Å². The van der Waals surface area contributed by atoms with Gasteiger partial charge in [-0.1, -0.05) is 18.2 Å². The fraction of sp³-hybridized carbons (Fsp3) is 0.462. The fourth-order valence-electron chi connectivity index (χ4n) is 2.75. The Morgan fingerprint density at radius 2 is 2.12 bits per heavy atom. The number of nitrogens with two attached hydrogens (primary N) is 1. The van der Waals surface area contributed by atoms with Gasteiger partial charge in [0.05, 0.1) is 12.1 Å². The predicted molar refractivity (Wildman–Crippen MR) is 63.5 cm³/mol. The van der Waals surface area contributed by atoms with Crippen molar-refractivity contribution in [2.45, 2.75) is 24.6 Å². The Labute approximate surface area is 100 Å². The molecule has 0 spiro atoms. The Morgan fingerprint density at radius 3 is 2.88 bits per heavy atom. The van der Waals surface area contributed by atoms with E-state index < -0.39 is 0 Å². The van der Waals surface area contributed by atoms with Gasteiger partial charge in [0.25, 0.3) is 5.91 Å². The maximum absolute atomic E-state index is 12.0. The summed E-state index contributed by atoms with van der Waals surface area (Å²) in [6.45, 7) is 0.765. The molecule has 1 aromatic rings. The molecular formula is C13H16N2O2. The second kappa shape index (κ2) is 4.13. The molecule has 4 heteroatoms. The summed E-state index contributed by atoms with van der Waals surface area (Å²) in [6, 6.07) is 9.20. The van der Waals surface area contributed by atoms with Crippen LogP contribution in [0, 0.1) is 5.92 Å². The summed E-state index contributed by atoms with van der Waals surface area (Å²) in [5.41, 5.74) is 6.71. The minimum Gasteiger partial charge on any atom is -0.376 e. The van der Waals surface area contributed by atoms with Gasteiger partial charge in [0.2, 0.25) is 0 Å². The van der Waals surface area contributed by atoms with Crippen molar-refractivity contribution in [2.24, 2.45) is 11.7 Å². The van der Waals surface area contributed by atoms with E-state index in [1.165, 1.54) is 0 Å². The Morgan fingerprint density at radius 1 is 1.35 bits per heavy atom. The van der Waals surface area contributed by atoms with Crippen molar-refractivity contribution >= 4 is 5.91 Å². The summed E-state index contributed by atoms with van der Waals surface area (Å²) >= 11 is 0. The maximum atomic E-state index is 12.0. The number of fused-ring (bicyclic) bond motifs is 1. The first kappa shape index (κ1) is 10.7. The van der Waals surface area contributed by atoms with Crippen LogP contribution in [0.15, 0.2) is 30.3 Å². The number of rotatable bonds is 2. The SMILES string of the molecule is NC1C2CCOC2C1NC(=O)c1ccccc1. The molecular weight excluding hydrogens is 216 g/mol. The molecule has 1 saturated carbocycles. The molecule has 4 unspecified atom stereocenters. The van der Waals surface area contributed by atoms with Gasteiger partial charge in [-0.05, 0) is 18.6 Å². The second-order valence-corrected chi connectivity index (χ2v) is 4.73. The van der Waals surface area contributed by atoms with Gasteiger partial charge in [-0.3, -0.25) is 4.79 Å². The molecule has 0 radical (unpaired) electrons. The quantitative estimate of drug-likeness (QED) is 0.782. The Balaban J connectivity index is 1.66. The van der Waals surface area contributed by atoms with Gasteiger partial charge in [0.15, 0.2) is 0 Å². The van der Waals surface area contributed by atoms with E-state index in [1.807, 2.05) is 18.2 Å². The average molecular weight is 232 g/mol. The Hall–Kier alpha value is -1.39. The third kappa shape index (κ3) is 1.73. The molecule has 2 fully saturated rings. The summed E-state index contributed by atoms with van der Waals surface area (Å²) in [7, 11) is 0. The number of benzene rings is 1. The van der Waals surface area contributed by atoms with E-state index in [0.29, 0.717) is 11.5 Å². The number of hydrogen-bond acceptors (Lipinski definition) is 3. The van der Waals surface area contributed by atoms with Crippen LogP contribution >= 0.6 is 0 Å². The molecule has 3 rings (SSSR count). The number of amides is 1. The van der Waals surface area contributed by atoms with Crippen LogP contribution in [0.4, 0.5) is 0 Å². The van der Waals surface area contributed by atoms with Crippen molar-refractivity contribution in [3.63, 3.8) is 0 Å². The third-order valence-electron chi connectivity index (χ3n) is 3.78. The highest BCUT2D eigenvalue weighted by Crippen LogP contribution is 2.37. The van der Waals surface area contributed by atoms with E-state index >= 15 is 0 Å². The number of ether oxygens (including phenoxy) is 1. The van der Waals surface area contributed by atoms with Gasteiger partial charge >= 0.3 is 0 Å². The minimum absolute atomic E-state index is 0.0322. The van der Waals surface area contributed by atoms with Crippen LogP contribution in [0.3, 0.4) is 0 Å². The van der Waals surface area contributed by atoms with E-state index in [2.05, 4.69) is 5.32 Å². The Bertz CT molecular complexity index is 421. The molecule has 1 amide bonds. The predicted octanol–water partition coefficient (Wildman–Crippen LogP) is 0.531. The highest BCUT2D eigenvalue weighted by molar-refractivity contribution is 5.94. The molecule has 1 aliphatic heterocycles. The summed E-state index contributed by atoms with van der Waals surface area (Å²) < 4.78 is 5.58. The lowest BCUT2D eigenvalue weighted by Gasteiger charge is -2.45. The van der Waals surface area contributed by atoms with Crippen molar-refractivity contribution in [2.75, 3.05) is 6.61 Å². The molecule has 3 N–H and O–H groups in total.